The van der Waals surface area contributed by atoms with Gasteiger partial charge in [0.15, 0.2) is 0 Å². The first kappa shape index (κ1) is 13.1. The molecule has 0 aromatic carbocycles. The molecule has 0 aromatic rings. The second-order valence-corrected chi connectivity index (χ2v) is 4.02. The van der Waals surface area contributed by atoms with Gasteiger partial charge in [0.25, 0.3) is 0 Å². The molecule has 1 N–H and O–H groups in total. The minimum Gasteiger partial charge on any atom is -0.466 e. The van der Waals surface area contributed by atoms with Gasteiger partial charge in [-0.05, 0) is 27.2 Å². The first-order chi connectivity index (χ1) is 6.31. The molecule has 82 valence electrons. The molecule has 0 atom stereocenters. The Morgan fingerprint density at radius 3 is 2.21 bits per heavy atom. The number of carbonyl (C=O) groups excluding carboxylic acids is 2. The lowest BCUT2D eigenvalue weighted by Gasteiger charge is -2.13. The van der Waals surface area contributed by atoms with E-state index in [9.17, 15) is 9.59 Å². The minimum absolute atomic E-state index is 0.0255. The lowest BCUT2D eigenvalue weighted by molar-refractivity contribution is -0.138. The highest BCUT2D eigenvalue weighted by Gasteiger charge is 2.13. The van der Waals surface area contributed by atoms with Crippen molar-refractivity contribution in [2.75, 3.05) is 6.61 Å². The maximum atomic E-state index is 10.3. The van der Waals surface area contributed by atoms with E-state index in [-0.39, 0.29) is 18.2 Å². The van der Waals surface area contributed by atoms with Crippen molar-refractivity contribution in [2.24, 2.45) is 0 Å². The maximum absolute atomic E-state index is 10.3. The SMILES string of the molecule is CC(=O)CC(C)(C)O.O=C1CCCO1. The van der Waals surface area contributed by atoms with Gasteiger partial charge < -0.3 is 9.84 Å². The van der Waals surface area contributed by atoms with E-state index in [2.05, 4.69) is 4.74 Å². The number of rotatable bonds is 2. The van der Waals surface area contributed by atoms with Crippen molar-refractivity contribution in [2.45, 2.75) is 45.6 Å². The minimum atomic E-state index is -0.828. The van der Waals surface area contributed by atoms with Gasteiger partial charge in [0.05, 0.1) is 12.2 Å². The summed E-state index contributed by atoms with van der Waals surface area (Å²) in [4.78, 5) is 20.3. The number of carbonyl (C=O) groups is 2. The van der Waals surface area contributed by atoms with E-state index in [0.717, 1.165) is 6.42 Å². The first-order valence-corrected chi connectivity index (χ1v) is 4.69. The summed E-state index contributed by atoms with van der Waals surface area (Å²) in [7, 11) is 0. The summed E-state index contributed by atoms with van der Waals surface area (Å²) >= 11 is 0. The van der Waals surface area contributed by atoms with Gasteiger partial charge in [0, 0.05) is 12.8 Å². The predicted octanol–water partition coefficient (Wildman–Crippen LogP) is 1.06. The molecular weight excluding hydrogens is 184 g/mol. The van der Waals surface area contributed by atoms with Crippen LogP contribution in [0.5, 0.6) is 0 Å². The Kier molecular flexibility index (Phi) is 5.38. The number of ketones is 1. The number of hydrogen-bond donors (Lipinski definition) is 1. The number of ether oxygens (including phenoxy) is 1. The third-order valence-corrected chi connectivity index (χ3v) is 1.47. The van der Waals surface area contributed by atoms with Gasteiger partial charge >= 0.3 is 5.97 Å². The quantitative estimate of drug-likeness (QED) is 0.680. The Bertz CT molecular complexity index is 195. The van der Waals surface area contributed by atoms with Crippen molar-refractivity contribution in [1.29, 1.82) is 0 Å². The smallest absolute Gasteiger partial charge is 0.305 e. The molecule has 0 spiro atoms. The molecule has 1 rings (SSSR count). The fourth-order valence-corrected chi connectivity index (χ4v) is 1.08. The van der Waals surface area contributed by atoms with Crippen LogP contribution >= 0.6 is 0 Å². The number of aliphatic hydroxyl groups is 1. The van der Waals surface area contributed by atoms with Gasteiger partial charge in [-0.3, -0.25) is 9.59 Å². The van der Waals surface area contributed by atoms with Gasteiger partial charge in [-0.25, -0.2) is 0 Å². The zero-order valence-corrected chi connectivity index (χ0v) is 9.00. The number of Topliss-reactive ketones (excluding diaryl/α,β-unsaturated/α-hetero) is 1. The van der Waals surface area contributed by atoms with Crippen molar-refractivity contribution in [3.63, 3.8) is 0 Å². The van der Waals surface area contributed by atoms with Crippen LogP contribution in [-0.4, -0.2) is 29.1 Å². The van der Waals surface area contributed by atoms with E-state index in [0.29, 0.717) is 13.0 Å². The van der Waals surface area contributed by atoms with Crippen molar-refractivity contribution >= 4 is 11.8 Å². The summed E-state index contributed by atoms with van der Waals surface area (Å²) in [5, 5.41) is 8.97. The molecule has 0 radical (unpaired) electrons. The Morgan fingerprint density at radius 1 is 1.57 bits per heavy atom. The second-order valence-electron chi connectivity index (χ2n) is 4.02. The maximum Gasteiger partial charge on any atom is 0.305 e. The molecule has 4 nitrogen and oxygen atoms in total. The Balaban J connectivity index is 0.000000249. The normalized spacial score (nSPS) is 15.6. The van der Waals surface area contributed by atoms with Crippen molar-refractivity contribution in [1.82, 2.24) is 0 Å². The topological polar surface area (TPSA) is 63.6 Å². The molecular formula is C10H18O4. The molecule has 0 aliphatic carbocycles. The molecule has 1 aliphatic heterocycles. The Labute approximate surface area is 84.3 Å². The lowest BCUT2D eigenvalue weighted by atomic mass is 10.0. The number of cyclic esters (lactones) is 1. The molecule has 1 saturated heterocycles. The highest BCUT2D eigenvalue weighted by atomic mass is 16.5. The summed E-state index contributed by atoms with van der Waals surface area (Å²) < 4.78 is 4.51. The van der Waals surface area contributed by atoms with Crippen LogP contribution < -0.4 is 0 Å². The molecule has 1 fully saturated rings. The molecule has 1 heterocycles. The molecule has 0 amide bonds. The fraction of sp³-hybridized carbons (Fsp3) is 0.800. The van der Waals surface area contributed by atoms with Crippen LogP contribution in [-0.2, 0) is 14.3 Å². The van der Waals surface area contributed by atoms with E-state index >= 15 is 0 Å². The molecule has 4 heteroatoms. The van der Waals surface area contributed by atoms with Gasteiger partial charge in [0.2, 0.25) is 0 Å². The van der Waals surface area contributed by atoms with Crippen LogP contribution in [0.1, 0.15) is 40.0 Å². The van der Waals surface area contributed by atoms with Crippen LogP contribution in [0.15, 0.2) is 0 Å². The predicted molar refractivity (Wildman–Crippen MR) is 51.8 cm³/mol. The summed E-state index contributed by atoms with van der Waals surface area (Å²) in [5.41, 5.74) is -0.828. The zero-order chi connectivity index (χ0) is 11.2. The molecule has 1 aliphatic rings. The van der Waals surface area contributed by atoms with E-state index in [1.165, 1.54) is 6.92 Å². The summed E-state index contributed by atoms with van der Waals surface area (Å²) in [6.45, 7) is 5.35. The molecule has 0 saturated carbocycles. The van der Waals surface area contributed by atoms with Crippen LogP contribution in [0.2, 0.25) is 0 Å². The van der Waals surface area contributed by atoms with Gasteiger partial charge in [0.1, 0.15) is 5.78 Å². The van der Waals surface area contributed by atoms with Crippen LogP contribution in [0.3, 0.4) is 0 Å². The Morgan fingerprint density at radius 2 is 2.14 bits per heavy atom. The van der Waals surface area contributed by atoms with Crippen LogP contribution in [0.25, 0.3) is 0 Å². The zero-order valence-electron chi connectivity index (χ0n) is 9.00. The van der Waals surface area contributed by atoms with Crippen LogP contribution in [0.4, 0.5) is 0 Å². The summed E-state index contributed by atoms with van der Waals surface area (Å²) in [6, 6.07) is 0. The first-order valence-electron chi connectivity index (χ1n) is 4.69. The highest BCUT2D eigenvalue weighted by molar-refractivity contribution is 5.76. The third kappa shape index (κ3) is 9.19. The van der Waals surface area contributed by atoms with Gasteiger partial charge in [-0.15, -0.1) is 0 Å². The fourth-order valence-electron chi connectivity index (χ4n) is 1.08. The standard InChI is InChI=1S/C6H12O2.C4H6O2/c1-5(7)4-6(2,3)8;5-4-2-1-3-6-4/h8H,4H2,1-3H3;1-3H2. The largest absolute Gasteiger partial charge is 0.466 e. The van der Waals surface area contributed by atoms with Crippen molar-refractivity contribution in [3.8, 4) is 0 Å². The number of hydrogen-bond acceptors (Lipinski definition) is 4. The van der Waals surface area contributed by atoms with E-state index in [1.54, 1.807) is 13.8 Å². The van der Waals surface area contributed by atoms with Crippen LogP contribution in [0, 0.1) is 0 Å². The van der Waals surface area contributed by atoms with Crippen molar-refractivity contribution in [3.05, 3.63) is 0 Å². The third-order valence-electron chi connectivity index (χ3n) is 1.47. The summed E-state index contributed by atoms with van der Waals surface area (Å²) in [5.74, 6) is -0.0208. The molecule has 0 aromatic heterocycles. The lowest BCUT2D eigenvalue weighted by Crippen LogP contribution is -2.21. The molecule has 0 bridgehead atoms. The summed E-state index contributed by atoms with van der Waals surface area (Å²) in [6.07, 6.45) is 1.78. The second kappa shape index (κ2) is 5.75. The van der Waals surface area contributed by atoms with E-state index < -0.39 is 5.60 Å². The average molecular weight is 202 g/mol. The molecule has 0 unspecified atom stereocenters. The average Bonchev–Trinajstić information content (AvgIpc) is 2.34. The van der Waals surface area contributed by atoms with E-state index in [1.807, 2.05) is 0 Å². The Hall–Kier alpha value is -0.900. The number of esters is 1. The molecule has 14 heavy (non-hydrogen) atoms. The van der Waals surface area contributed by atoms with Gasteiger partial charge in [-0.2, -0.15) is 0 Å². The monoisotopic (exact) mass is 202 g/mol. The highest BCUT2D eigenvalue weighted by Crippen LogP contribution is 2.06. The van der Waals surface area contributed by atoms with Crippen molar-refractivity contribution < 1.29 is 19.4 Å². The van der Waals surface area contributed by atoms with Gasteiger partial charge in [-0.1, -0.05) is 0 Å². The van der Waals surface area contributed by atoms with E-state index in [4.69, 9.17) is 5.11 Å².